The summed E-state index contributed by atoms with van der Waals surface area (Å²) in [6.07, 6.45) is 4.94. The average Bonchev–Trinajstić information content (AvgIpc) is 2.56. The highest BCUT2D eigenvalue weighted by Gasteiger charge is 2.35. The summed E-state index contributed by atoms with van der Waals surface area (Å²) >= 11 is 0. The first-order valence-electron chi connectivity index (χ1n) is 8.89. The van der Waals surface area contributed by atoms with Crippen LogP contribution in [0, 0.1) is 17.3 Å². The predicted octanol–water partition coefficient (Wildman–Crippen LogP) is 5.12. The van der Waals surface area contributed by atoms with Gasteiger partial charge < -0.3 is 5.11 Å². The molecular formula is C21H26O3. The van der Waals surface area contributed by atoms with Crippen molar-refractivity contribution in [2.75, 3.05) is 0 Å². The van der Waals surface area contributed by atoms with E-state index in [0.717, 1.165) is 25.7 Å². The number of aliphatic hydroxyl groups excluding tert-OH is 1. The zero-order valence-corrected chi connectivity index (χ0v) is 14.8. The summed E-state index contributed by atoms with van der Waals surface area (Å²) in [5.41, 5.74) is 1.39. The first-order valence-corrected chi connectivity index (χ1v) is 8.89. The van der Waals surface area contributed by atoms with Crippen LogP contribution in [0.15, 0.2) is 35.6 Å². The van der Waals surface area contributed by atoms with E-state index >= 15 is 0 Å². The van der Waals surface area contributed by atoms with Gasteiger partial charge in [-0.3, -0.25) is 9.59 Å². The van der Waals surface area contributed by atoms with Gasteiger partial charge in [0.05, 0.1) is 0 Å². The van der Waals surface area contributed by atoms with Crippen LogP contribution in [0.1, 0.15) is 73.6 Å². The minimum Gasteiger partial charge on any atom is -0.504 e. The van der Waals surface area contributed by atoms with Gasteiger partial charge in [-0.1, -0.05) is 45.0 Å². The number of hydrogen-bond donors (Lipinski definition) is 1. The number of hydrogen-bond acceptors (Lipinski definition) is 3. The molecule has 2 aliphatic rings. The van der Waals surface area contributed by atoms with E-state index in [0.29, 0.717) is 40.4 Å². The van der Waals surface area contributed by atoms with E-state index in [-0.39, 0.29) is 11.5 Å². The molecule has 0 spiro atoms. The lowest BCUT2D eigenvalue weighted by molar-refractivity contribution is 0.0918. The van der Waals surface area contributed by atoms with Gasteiger partial charge in [0.25, 0.3) is 0 Å². The van der Waals surface area contributed by atoms with E-state index in [2.05, 4.69) is 20.8 Å². The summed E-state index contributed by atoms with van der Waals surface area (Å²) in [5.74, 6) is 0.157. The highest BCUT2D eigenvalue weighted by Crippen LogP contribution is 2.42. The van der Waals surface area contributed by atoms with Crippen LogP contribution < -0.4 is 0 Å². The first kappa shape index (κ1) is 16.9. The zero-order chi connectivity index (χ0) is 17.5. The van der Waals surface area contributed by atoms with E-state index in [4.69, 9.17) is 0 Å². The third kappa shape index (κ3) is 3.04. The van der Waals surface area contributed by atoms with Crippen LogP contribution in [-0.4, -0.2) is 16.7 Å². The van der Waals surface area contributed by atoms with Crippen molar-refractivity contribution in [1.82, 2.24) is 0 Å². The Balaban J connectivity index is 1.76. The summed E-state index contributed by atoms with van der Waals surface area (Å²) in [7, 11) is 0. The Morgan fingerprint density at radius 3 is 2.04 bits per heavy atom. The smallest absolute Gasteiger partial charge is 0.228 e. The van der Waals surface area contributed by atoms with Gasteiger partial charge in [0, 0.05) is 16.7 Å². The molecule has 3 nitrogen and oxygen atoms in total. The molecule has 1 aromatic carbocycles. The molecule has 0 atom stereocenters. The third-order valence-electron chi connectivity index (χ3n) is 5.76. The number of carbonyl (C=O) groups excluding carboxylic acids is 2. The van der Waals surface area contributed by atoms with Gasteiger partial charge in [0.2, 0.25) is 5.78 Å². The Bertz CT molecular complexity index is 698. The molecule has 0 heterocycles. The topological polar surface area (TPSA) is 54.4 Å². The monoisotopic (exact) mass is 326 g/mol. The molecule has 24 heavy (non-hydrogen) atoms. The highest BCUT2D eigenvalue weighted by atomic mass is 16.3. The maximum absolute atomic E-state index is 12.7. The fourth-order valence-electron chi connectivity index (χ4n) is 4.12. The Labute approximate surface area is 143 Å². The van der Waals surface area contributed by atoms with E-state index in [1.807, 2.05) is 0 Å². The number of rotatable bonds is 2. The lowest BCUT2D eigenvalue weighted by Gasteiger charge is -2.37. The molecule has 3 heteroatoms. The molecule has 1 N–H and O–H groups in total. The van der Waals surface area contributed by atoms with Gasteiger partial charge in [0.1, 0.15) is 0 Å². The number of ketones is 2. The number of Topliss-reactive ketones (excluding diaryl/α,β-unsaturated/α-hetero) is 2. The summed E-state index contributed by atoms with van der Waals surface area (Å²) < 4.78 is 0. The standard InChI is InChI=1S/C21H26O3/c1-21(2,3)14-10-8-13(9-11-14)12-17-18(22)15-6-4-5-7-16(15)19(23)20(17)24/h4-7,13-14,24H,8-12H2,1-3H3/t13-,14+. The van der Waals surface area contributed by atoms with Crippen molar-refractivity contribution >= 4 is 11.6 Å². The van der Waals surface area contributed by atoms with Gasteiger partial charge in [-0.15, -0.1) is 0 Å². The van der Waals surface area contributed by atoms with Crippen molar-refractivity contribution in [2.24, 2.45) is 17.3 Å². The number of aliphatic hydroxyl groups is 1. The fraction of sp³-hybridized carbons (Fsp3) is 0.524. The van der Waals surface area contributed by atoms with Crippen LogP contribution in [0.4, 0.5) is 0 Å². The lowest BCUT2D eigenvalue weighted by Crippen LogP contribution is -2.28. The molecule has 0 saturated heterocycles. The fourth-order valence-corrected chi connectivity index (χ4v) is 4.12. The Morgan fingerprint density at radius 1 is 0.958 bits per heavy atom. The predicted molar refractivity (Wildman–Crippen MR) is 94.3 cm³/mol. The van der Waals surface area contributed by atoms with Crippen LogP contribution >= 0.6 is 0 Å². The molecule has 0 aromatic heterocycles. The van der Waals surface area contributed by atoms with Crippen LogP contribution in [0.2, 0.25) is 0 Å². The average molecular weight is 326 g/mol. The normalized spacial score (nSPS) is 25.0. The van der Waals surface area contributed by atoms with E-state index < -0.39 is 5.78 Å². The van der Waals surface area contributed by atoms with Crippen molar-refractivity contribution in [3.63, 3.8) is 0 Å². The van der Waals surface area contributed by atoms with E-state index in [1.54, 1.807) is 24.3 Å². The molecule has 0 bridgehead atoms. The van der Waals surface area contributed by atoms with Crippen molar-refractivity contribution in [1.29, 1.82) is 0 Å². The van der Waals surface area contributed by atoms with Crippen LogP contribution in [0.3, 0.4) is 0 Å². The minimum absolute atomic E-state index is 0.180. The molecular weight excluding hydrogens is 300 g/mol. The molecule has 0 radical (unpaired) electrons. The number of allylic oxidation sites excluding steroid dienone is 2. The van der Waals surface area contributed by atoms with Crippen LogP contribution in [0.5, 0.6) is 0 Å². The maximum Gasteiger partial charge on any atom is 0.228 e. The Morgan fingerprint density at radius 2 is 1.50 bits per heavy atom. The summed E-state index contributed by atoms with van der Waals surface area (Å²) in [5, 5.41) is 10.3. The summed E-state index contributed by atoms with van der Waals surface area (Å²) in [4.78, 5) is 25.0. The van der Waals surface area contributed by atoms with Crippen LogP contribution in [0.25, 0.3) is 0 Å². The molecule has 0 unspecified atom stereocenters. The molecule has 0 aliphatic heterocycles. The number of carbonyl (C=O) groups is 2. The molecule has 128 valence electrons. The van der Waals surface area contributed by atoms with Gasteiger partial charge in [-0.05, 0) is 49.4 Å². The van der Waals surface area contributed by atoms with Crippen molar-refractivity contribution in [3.8, 4) is 0 Å². The van der Waals surface area contributed by atoms with Gasteiger partial charge in [0.15, 0.2) is 11.5 Å². The molecule has 1 aromatic rings. The largest absolute Gasteiger partial charge is 0.504 e. The van der Waals surface area contributed by atoms with Crippen molar-refractivity contribution in [2.45, 2.75) is 52.9 Å². The SMILES string of the molecule is CC(C)(C)[C@H]1CC[C@@H](CC2=C(O)C(=O)c3ccccc3C2=O)CC1. The van der Waals surface area contributed by atoms with Crippen molar-refractivity contribution < 1.29 is 14.7 Å². The molecule has 1 fully saturated rings. The molecule has 3 rings (SSSR count). The summed E-state index contributed by atoms with van der Waals surface area (Å²) in [6.45, 7) is 6.85. The van der Waals surface area contributed by atoms with E-state index in [9.17, 15) is 14.7 Å². The quantitative estimate of drug-likeness (QED) is 0.820. The van der Waals surface area contributed by atoms with Crippen LogP contribution in [-0.2, 0) is 0 Å². The second kappa shape index (κ2) is 6.19. The minimum atomic E-state index is -0.413. The Kier molecular flexibility index (Phi) is 4.37. The molecule has 0 amide bonds. The Hall–Kier alpha value is -1.90. The maximum atomic E-state index is 12.7. The van der Waals surface area contributed by atoms with E-state index in [1.165, 1.54) is 0 Å². The van der Waals surface area contributed by atoms with Crippen molar-refractivity contribution in [3.05, 3.63) is 46.7 Å². The lowest BCUT2D eigenvalue weighted by atomic mass is 9.68. The van der Waals surface area contributed by atoms with Gasteiger partial charge in [-0.25, -0.2) is 0 Å². The second-order valence-corrected chi connectivity index (χ2v) is 8.32. The number of fused-ring (bicyclic) bond motifs is 1. The highest BCUT2D eigenvalue weighted by molar-refractivity contribution is 6.25. The molecule has 1 saturated carbocycles. The second-order valence-electron chi connectivity index (χ2n) is 8.32. The molecule has 2 aliphatic carbocycles. The summed E-state index contributed by atoms with van der Waals surface area (Å²) in [6, 6.07) is 6.77. The van der Waals surface area contributed by atoms with Gasteiger partial charge >= 0.3 is 0 Å². The third-order valence-corrected chi connectivity index (χ3v) is 5.76. The first-order chi connectivity index (χ1) is 11.3. The van der Waals surface area contributed by atoms with Gasteiger partial charge in [-0.2, -0.15) is 0 Å². The number of benzene rings is 1. The zero-order valence-electron chi connectivity index (χ0n) is 14.8.